The lowest BCUT2D eigenvalue weighted by Gasteiger charge is -2.08. The molecule has 178 valence electrons. The fourth-order valence-corrected chi connectivity index (χ4v) is 5.36. The SMILES string of the molecule is c1ccc(COc2cncc(-c3ccc4[nH]nc(-c5cc6c(-c7cccs7)ccnc6[nH]5)c4c3)c2)cc1. The molecule has 0 radical (unpaired) electrons. The summed E-state index contributed by atoms with van der Waals surface area (Å²) in [7, 11) is 0. The first-order valence-electron chi connectivity index (χ1n) is 11.9. The number of hydrogen-bond donors (Lipinski definition) is 2. The molecule has 37 heavy (non-hydrogen) atoms. The van der Waals surface area contributed by atoms with Gasteiger partial charge in [-0.15, -0.1) is 11.3 Å². The molecule has 0 spiro atoms. The van der Waals surface area contributed by atoms with Crippen LogP contribution in [-0.4, -0.2) is 25.1 Å². The molecule has 0 saturated carbocycles. The number of aromatic nitrogens is 5. The van der Waals surface area contributed by atoms with Crippen molar-refractivity contribution >= 4 is 33.3 Å². The smallest absolute Gasteiger partial charge is 0.138 e. The van der Waals surface area contributed by atoms with Gasteiger partial charge in [0.25, 0.3) is 0 Å². The van der Waals surface area contributed by atoms with Crippen LogP contribution in [0, 0.1) is 0 Å². The van der Waals surface area contributed by atoms with Crippen LogP contribution in [0.25, 0.3) is 54.9 Å². The van der Waals surface area contributed by atoms with Gasteiger partial charge in [-0.05, 0) is 52.9 Å². The van der Waals surface area contributed by atoms with E-state index in [-0.39, 0.29) is 0 Å². The standard InChI is InChI=1S/C30H21N5OS/c1-2-5-19(6-3-1)18-36-22-13-21(16-31-17-22)20-8-9-26-25(14-20)29(35-34-26)27-15-24-23(28-7-4-12-37-28)10-11-32-30(24)33-27/h1-17H,18H2,(H,32,33)(H,34,35). The zero-order valence-electron chi connectivity index (χ0n) is 19.7. The van der Waals surface area contributed by atoms with Gasteiger partial charge in [-0.3, -0.25) is 10.1 Å². The minimum absolute atomic E-state index is 0.499. The Labute approximate surface area is 216 Å². The van der Waals surface area contributed by atoms with Gasteiger partial charge in [-0.1, -0.05) is 42.5 Å². The molecule has 5 heterocycles. The molecule has 0 aliphatic carbocycles. The lowest BCUT2D eigenvalue weighted by atomic mass is 10.0. The quantitative estimate of drug-likeness (QED) is 0.249. The number of nitrogens with one attached hydrogen (secondary N) is 2. The number of ether oxygens (including phenoxy) is 1. The topological polar surface area (TPSA) is 79.5 Å². The van der Waals surface area contributed by atoms with Crippen molar-refractivity contribution in [3.05, 3.63) is 108 Å². The van der Waals surface area contributed by atoms with Crippen molar-refractivity contribution in [2.24, 2.45) is 0 Å². The van der Waals surface area contributed by atoms with E-state index in [1.54, 1.807) is 17.5 Å². The number of aromatic amines is 2. The van der Waals surface area contributed by atoms with Crippen LogP contribution in [0.1, 0.15) is 5.56 Å². The summed E-state index contributed by atoms with van der Waals surface area (Å²) in [6.45, 7) is 0.499. The molecule has 7 heteroatoms. The van der Waals surface area contributed by atoms with Crippen LogP contribution in [0.5, 0.6) is 5.75 Å². The number of fused-ring (bicyclic) bond motifs is 2. The highest BCUT2D eigenvalue weighted by atomic mass is 32.1. The molecular weight excluding hydrogens is 478 g/mol. The molecule has 0 saturated heterocycles. The van der Waals surface area contributed by atoms with Crippen LogP contribution in [0.4, 0.5) is 0 Å². The predicted octanol–water partition coefficient (Wildman–Crippen LogP) is 7.48. The van der Waals surface area contributed by atoms with E-state index in [0.717, 1.165) is 55.8 Å². The van der Waals surface area contributed by atoms with Gasteiger partial charge in [-0.25, -0.2) is 4.98 Å². The van der Waals surface area contributed by atoms with Gasteiger partial charge >= 0.3 is 0 Å². The number of thiophene rings is 1. The molecule has 6 nitrogen and oxygen atoms in total. The van der Waals surface area contributed by atoms with Gasteiger partial charge in [0.1, 0.15) is 23.7 Å². The van der Waals surface area contributed by atoms with Crippen molar-refractivity contribution in [1.29, 1.82) is 0 Å². The summed E-state index contributed by atoms with van der Waals surface area (Å²) in [6.07, 6.45) is 5.45. The Morgan fingerprint density at radius 1 is 0.838 bits per heavy atom. The van der Waals surface area contributed by atoms with Crippen LogP contribution < -0.4 is 4.74 Å². The summed E-state index contributed by atoms with van der Waals surface area (Å²) in [5.41, 5.74) is 7.91. The van der Waals surface area contributed by atoms with Crippen molar-refractivity contribution in [3.8, 4) is 38.7 Å². The van der Waals surface area contributed by atoms with Gasteiger partial charge in [0.05, 0.1) is 17.4 Å². The van der Waals surface area contributed by atoms with E-state index in [1.807, 2.05) is 36.7 Å². The highest BCUT2D eigenvalue weighted by molar-refractivity contribution is 7.13. The molecule has 2 aromatic carbocycles. The number of rotatable bonds is 6. The summed E-state index contributed by atoms with van der Waals surface area (Å²) in [5, 5.41) is 12.0. The Morgan fingerprint density at radius 3 is 2.68 bits per heavy atom. The highest BCUT2D eigenvalue weighted by Crippen LogP contribution is 2.36. The third-order valence-electron chi connectivity index (χ3n) is 6.43. The number of nitrogens with zero attached hydrogens (tertiary/aromatic N) is 3. The molecule has 0 atom stereocenters. The van der Waals surface area contributed by atoms with Crippen molar-refractivity contribution < 1.29 is 4.74 Å². The first-order chi connectivity index (χ1) is 18.3. The molecule has 0 aliphatic heterocycles. The van der Waals surface area contributed by atoms with E-state index in [1.165, 1.54) is 10.4 Å². The van der Waals surface area contributed by atoms with Crippen molar-refractivity contribution in [2.75, 3.05) is 0 Å². The maximum absolute atomic E-state index is 6.00. The number of pyridine rings is 2. The van der Waals surface area contributed by atoms with Gasteiger partial charge in [-0.2, -0.15) is 5.10 Å². The van der Waals surface area contributed by atoms with E-state index in [2.05, 4.69) is 85.1 Å². The largest absolute Gasteiger partial charge is 0.487 e. The maximum Gasteiger partial charge on any atom is 0.138 e. The van der Waals surface area contributed by atoms with Crippen LogP contribution >= 0.6 is 11.3 Å². The molecular formula is C30H21N5OS. The van der Waals surface area contributed by atoms with E-state index in [4.69, 9.17) is 4.74 Å². The monoisotopic (exact) mass is 499 g/mol. The summed E-state index contributed by atoms with van der Waals surface area (Å²) < 4.78 is 6.00. The second-order valence-corrected chi connectivity index (χ2v) is 9.74. The molecule has 0 aliphatic rings. The van der Waals surface area contributed by atoms with Crippen LogP contribution in [0.3, 0.4) is 0 Å². The van der Waals surface area contributed by atoms with E-state index >= 15 is 0 Å². The third kappa shape index (κ3) is 4.05. The van der Waals surface area contributed by atoms with Crippen molar-refractivity contribution in [2.45, 2.75) is 6.61 Å². The molecule has 7 rings (SSSR count). The van der Waals surface area contributed by atoms with Crippen LogP contribution in [0.2, 0.25) is 0 Å². The molecule has 7 aromatic rings. The van der Waals surface area contributed by atoms with E-state index in [9.17, 15) is 0 Å². The molecule has 0 bridgehead atoms. The number of H-pyrrole nitrogens is 2. The van der Waals surface area contributed by atoms with Crippen molar-refractivity contribution in [1.82, 2.24) is 25.1 Å². The Bertz CT molecular complexity index is 1840. The average Bonchev–Trinajstić information content (AvgIpc) is 3.71. The normalized spacial score (nSPS) is 11.4. The average molecular weight is 500 g/mol. The summed E-state index contributed by atoms with van der Waals surface area (Å²) in [6, 6.07) is 26.8. The Morgan fingerprint density at radius 2 is 1.78 bits per heavy atom. The van der Waals surface area contributed by atoms with Crippen molar-refractivity contribution in [3.63, 3.8) is 0 Å². The van der Waals surface area contributed by atoms with Gasteiger partial charge in [0.15, 0.2) is 0 Å². The van der Waals surface area contributed by atoms with E-state index in [0.29, 0.717) is 6.61 Å². The zero-order valence-corrected chi connectivity index (χ0v) is 20.5. The first-order valence-corrected chi connectivity index (χ1v) is 12.8. The second-order valence-electron chi connectivity index (χ2n) is 8.80. The lowest BCUT2D eigenvalue weighted by Crippen LogP contribution is -1.95. The van der Waals surface area contributed by atoms with Gasteiger partial charge in [0.2, 0.25) is 0 Å². The van der Waals surface area contributed by atoms with E-state index < -0.39 is 0 Å². The van der Waals surface area contributed by atoms with Crippen LogP contribution in [0.15, 0.2) is 103 Å². The minimum atomic E-state index is 0.499. The summed E-state index contributed by atoms with van der Waals surface area (Å²) >= 11 is 1.72. The molecule has 2 N–H and O–H groups in total. The summed E-state index contributed by atoms with van der Waals surface area (Å²) in [4.78, 5) is 13.7. The summed E-state index contributed by atoms with van der Waals surface area (Å²) in [5.74, 6) is 0.733. The Balaban J connectivity index is 1.24. The fourth-order valence-electron chi connectivity index (χ4n) is 4.60. The fraction of sp³-hybridized carbons (Fsp3) is 0.0333. The first kappa shape index (κ1) is 21.5. The Kier molecular flexibility index (Phi) is 5.26. The zero-order chi connectivity index (χ0) is 24.6. The molecule has 5 aromatic heterocycles. The number of hydrogen-bond acceptors (Lipinski definition) is 5. The highest BCUT2D eigenvalue weighted by Gasteiger charge is 2.15. The third-order valence-corrected chi connectivity index (χ3v) is 7.33. The van der Waals surface area contributed by atoms with Crippen LogP contribution in [-0.2, 0) is 6.61 Å². The minimum Gasteiger partial charge on any atom is -0.487 e. The molecule has 0 amide bonds. The second kappa shape index (κ2) is 9.04. The molecule has 0 unspecified atom stereocenters. The van der Waals surface area contributed by atoms with Gasteiger partial charge in [0, 0.05) is 39.2 Å². The Hall–Kier alpha value is -4.75. The predicted molar refractivity (Wildman–Crippen MR) is 148 cm³/mol. The maximum atomic E-state index is 6.00. The van der Waals surface area contributed by atoms with Gasteiger partial charge < -0.3 is 9.72 Å². The lowest BCUT2D eigenvalue weighted by molar-refractivity contribution is 0.305. The molecule has 0 fully saturated rings. The number of benzene rings is 2.